The normalized spacial score (nSPS) is 18.0. The van der Waals surface area contributed by atoms with Gasteiger partial charge in [-0.05, 0) is 57.5 Å². The molecule has 23 heavy (non-hydrogen) atoms. The van der Waals surface area contributed by atoms with Crippen molar-refractivity contribution in [2.75, 3.05) is 25.5 Å². The number of nitrogens with one attached hydrogen (secondary N) is 2. The zero-order valence-electron chi connectivity index (χ0n) is 14.0. The lowest BCUT2D eigenvalue weighted by molar-refractivity contribution is -0.125. The minimum absolute atomic E-state index is 0.0378. The second kappa shape index (κ2) is 7.97. The van der Waals surface area contributed by atoms with Crippen LogP contribution in [0.3, 0.4) is 0 Å². The van der Waals surface area contributed by atoms with Crippen LogP contribution < -0.4 is 15.4 Å². The molecule has 2 N–H and O–H groups in total. The van der Waals surface area contributed by atoms with Gasteiger partial charge >= 0.3 is 0 Å². The summed E-state index contributed by atoms with van der Waals surface area (Å²) in [6.07, 6.45) is 1.70. The molecule has 1 aliphatic heterocycles. The lowest BCUT2D eigenvalue weighted by Crippen LogP contribution is -2.46. The van der Waals surface area contributed by atoms with E-state index in [2.05, 4.69) is 10.6 Å². The van der Waals surface area contributed by atoms with Crippen LogP contribution in [0.1, 0.15) is 26.7 Å². The van der Waals surface area contributed by atoms with Gasteiger partial charge in [-0.1, -0.05) is 0 Å². The van der Waals surface area contributed by atoms with Crippen molar-refractivity contribution in [1.82, 2.24) is 10.2 Å². The number of carbonyl (C=O) groups is 2. The lowest BCUT2D eigenvalue weighted by atomic mass is 10.2. The fourth-order valence-electron chi connectivity index (χ4n) is 2.76. The predicted octanol–water partition coefficient (Wildman–Crippen LogP) is 1.62. The summed E-state index contributed by atoms with van der Waals surface area (Å²) in [5.74, 6) is 0.644. The maximum atomic E-state index is 12.5. The number of hydrogen-bond acceptors (Lipinski definition) is 4. The Morgan fingerprint density at radius 1 is 1.30 bits per heavy atom. The molecule has 2 rings (SSSR count). The summed E-state index contributed by atoms with van der Waals surface area (Å²) >= 11 is 0. The van der Waals surface area contributed by atoms with Gasteiger partial charge in [-0.3, -0.25) is 14.5 Å². The summed E-state index contributed by atoms with van der Waals surface area (Å²) in [5.41, 5.74) is 0.731. The van der Waals surface area contributed by atoms with Crippen molar-refractivity contribution in [3.63, 3.8) is 0 Å². The van der Waals surface area contributed by atoms with E-state index in [-0.39, 0.29) is 30.4 Å². The molecule has 0 aromatic heterocycles. The molecule has 1 fully saturated rings. The van der Waals surface area contributed by atoms with Crippen molar-refractivity contribution in [2.24, 2.45) is 0 Å². The van der Waals surface area contributed by atoms with Crippen LogP contribution in [0.25, 0.3) is 0 Å². The van der Waals surface area contributed by atoms with Gasteiger partial charge in [0.05, 0.1) is 19.7 Å². The van der Waals surface area contributed by atoms with Crippen LogP contribution >= 0.6 is 0 Å². The Balaban J connectivity index is 1.92. The average Bonchev–Trinajstić information content (AvgIpc) is 2.95. The first-order chi connectivity index (χ1) is 11.0. The van der Waals surface area contributed by atoms with Gasteiger partial charge < -0.3 is 15.4 Å². The minimum Gasteiger partial charge on any atom is -0.497 e. The van der Waals surface area contributed by atoms with Crippen LogP contribution in [0.2, 0.25) is 0 Å². The van der Waals surface area contributed by atoms with Crippen LogP contribution in [0, 0.1) is 0 Å². The molecule has 1 heterocycles. The van der Waals surface area contributed by atoms with Gasteiger partial charge in [-0.25, -0.2) is 0 Å². The number of benzene rings is 1. The summed E-state index contributed by atoms with van der Waals surface area (Å²) in [6, 6.07) is 7.07. The molecule has 1 atom stereocenters. The molecule has 0 radical (unpaired) electrons. The number of rotatable bonds is 6. The van der Waals surface area contributed by atoms with Crippen LogP contribution in [0.5, 0.6) is 5.75 Å². The summed E-state index contributed by atoms with van der Waals surface area (Å²) < 4.78 is 5.10. The maximum Gasteiger partial charge on any atom is 0.241 e. The van der Waals surface area contributed by atoms with Crippen LogP contribution in [-0.4, -0.2) is 49.0 Å². The molecule has 0 aliphatic carbocycles. The van der Waals surface area contributed by atoms with E-state index in [4.69, 9.17) is 4.74 Å². The second-order valence-electron chi connectivity index (χ2n) is 6.07. The maximum absolute atomic E-state index is 12.5. The van der Waals surface area contributed by atoms with Gasteiger partial charge in [-0.15, -0.1) is 0 Å². The van der Waals surface area contributed by atoms with Gasteiger partial charge in [0.1, 0.15) is 5.75 Å². The van der Waals surface area contributed by atoms with Crippen molar-refractivity contribution in [3.8, 4) is 5.75 Å². The largest absolute Gasteiger partial charge is 0.497 e. The van der Waals surface area contributed by atoms with E-state index in [0.717, 1.165) is 30.8 Å². The smallest absolute Gasteiger partial charge is 0.241 e. The summed E-state index contributed by atoms with van der Waals surface area (Å²) in [5, 5.41) is 5.78. The Bertz CT molecular complexity index is 543. The summed E-state index contributed by atoms with van der Waals surface area (Å²) in [6.45, 7) is 4.89. The van der Waals surface area contributed by atoms with Gasteiger partial charge in [0.25, 0.3) is 0 Å². The van der Waals surface area contributed by atoms with E-state index >= 15 is 0 Å². The van der Waals surface area contributed by atoms with Crippen LogP contribution in [0.15, 0.2) is 24.3 Å². The topological polar surface area (TPSA) is 70.7 Å². The molecule has 6 heteroatoms. The Kier molecular flexibility index (Phi) is 5.98. The van der Waals surface area contributed by atoms with Gasteiger partial charge in [0.15, 0.2) is 0 Å². The third-order valence-electron chi connectivity index (χ3n) is 3.82. The van der Waals surface area contributed by atoms with Crippen molar-refractivity contribution in [1.29, 1.82) is 0 Å². The van der Waals surface area contributed by atoms with Gasteiger partial charge in [-0.2, -0.15) is 0 Å². The van der Waals surface area contributed by atoms with E-state index in [0.29, 0.717) is 0 Å². The molecule has 2 amide bonds. The molecule has 1 aliphatic rings. The molecule has 1 aromatic carbocycles. The molecule has 0 spiro atoms. The Hall–Kier alpha value is -2.08. The molecule has 126 valence electrons. The standard InChI is InChI=1S/C17H25N3O3/c1-12(2)18-16(21)11-20-10-4-5-15(20)17(22)19-13-6-8-14(23-3)9-7-13/h6-9,12,15H,4-5,10-11H2,1-3H3,(H,18,21)(H,19,22)/t15-/m1/s1. The van der Waals surface area contributed by atoms with E-state index in [1.54, 1.807) is 19.2 Å². The van der Waals surface area contributed by atoms with Crippen molar-refractivity contribution in [2.45, 2.75) is 38.8 Å². The zero-order valence-corrected chi connectivity index (χ0v) is 14.0. The third-order valence-corrected chi connectivity index (χ3v) is 3.82. The van der Waals surface area contributed by atoms with Crippen molar-refractivity contribution >= 4 is 17.5 Å². The number of anilines is 1. The quantitative estimate of drug-likeness (QED) is 0.836. The van der Waals surface area contributed by atoms with E-state index in [9.17, 15) is 9.59 Å². The number of methoxy groups -OCH3 is 1. The predicted molar refractivity (Wildman–Crippen MR) is 89.5 cm³/mol. The first kappa shape index (κ1) is 17.3. The minimum atomic E-state index is -0.255. The van der Waals surface area contributed by atoms with Gasteiger partial charge in [0, 0.05) is 11.7 Å². The van der Waals surface area contributed by atoms with E-state index < -0.39 is 0 Å². The molecule has 1 aromatic rings. The number of amides is 2. The molecule has 1 saturated heterocycles. The first-order valence-corrected chi connectivity index (χ1v) is 7.98. The zero-order chi connectivity index (χ0) is 16.8. The van der Waals surface area contributed by atoms with E-state index in [1.165, 1.54) is 0 Å². The highest BCUT2D eigenvalue weighted by Gasteiger charge is 2.31. The number of carbonyl (C=O) groups excluding carboxylic acids is 2. The Morgan fingerprint density at radius 2 is 2.00 bits per heavy atom. The van der Waals surface area contributed by atoms with E-state index in [1.807, 2.05) is 30.9 Å². The second-order valence-corrected chi connectivity index (χ2v) is 6.07. The molecular weight excluding hydrogens is 294 g/mol. The monoisotopic (exact) mass is 319 g/mol. The Labute approximate surface area is 137 Å². The van der Waals surface area contributed by atoms with Crippen molar-refractivity contribution < 1.29 is 14.3 Å². The first-order valence-electron chi connectivity index (χ1n) is 7.98. The highest BCUT2D eigenvalue weighted by atomic mass is 16.5. The van der Waals surface area contributed by atoms with Crippen LogP contribution in [-0.2, 0) is 9.59 Å². The molecule has 6 nitrogen and oxygen atoms in total. The highest BCUT2D eigenvalue weighted by Crippen LogP contribution is 2.20. The molecule has 0 saturated carbocycles. The number of hydrogen-bond donors (Lipinski definition) is 2. The number of nitrogens with zero attached hydrogens (tertiary/aromatic N) is 1. The summed E-state index contributed by atoms with van der Waals surface area (Å²) in [4.78, 5) is 26.3. The summed E-state index contributed by atoms with van der Waals surface area (Å²) in [7, 11) is 1.60. The Morgan fingerprint density at radius 3 is 2.61 bits per heavy atom. The molecule has 0 unspecified atom stereocenters. The number of likely N-dealkylation sites (tertiary alicyclic amines) is 1. The fraction of sp³-hybridized carbons (Fsp3) is 0.529. The highest BCUT2D eigenvalue weighted by molar-refractivity contribution is 5.95. The van der Waals surface area contributed by atoms with Crippen molar-refractivity contribution in [3.05, 3.63) is 24.3 Å². The van der Waals surface area contributed by atoms with Crippen LogP contribution in [0.4, 0.5) is 5.69 Å². The van der Waals surface area contributed by atoms with Gasteiger partial charge in [0.2, 0.25) is 11.8 Å². The fourth-order valence-corrected chi connectivity index (χ4v) is 2.76. The molecule has 0 bridgehead atoms. The number of ether oxygens (including phenoxy) is 1. The molecular formula is C17H25N3O3. The third kappa shape index (κ3) is 4.96. The lowest BCUT2D eigenvalue weighted by Gasteiger charge is -2.23. The average molecular weight is 319 g/mol. The SMILES string of the molecule is COc1ccc(NC(=O)[C@H]2CCCN2CC(=O)NC(C)C)cc1.